The maximum atomic E-state index is 12.9. The zero-order valence-corrected chi connectivity index (χ0v) is 16.5. The van der Waals surface area contributed by atoms with Gasteiger partial charge < -0.3 is 5.32 Å². The Labute approximate surface area is 168 Å². The quantitative estimate of drug-likeness (QED) is 0.748. The van der Waals surface area contributed by atoms with Crippen molar-refractivity contribution in [3.63, 3.8) is 0 Å². The Morgan fingerprint density at radius 2 is 1.76 bits per heavy atom. The largest absolute Gasteiger partial charge is 0.433 e. The number of pyridine rings is 1. The van der Waals surface area contributed by atoms with Crippen LogP contribution in [0.25, 0.3) is 0 Å². The fourth-order valence-electron chi connectivity index (χ4n) is 4.58. The zero-order valence-electron chi connectivity index (χ0n) is 16.5. The van der Waals surface area contributed by atoms with E-state index in [9.17, 15) is 18.0 Å². The van der Waals surface area contributed by atoms with Crippen LogP contribution >= 0.6 is 0 Å². The Hall–Kier alpha value is -2.57. The monoisotopic (exact) mass is 403 g/mol. The van der Waals surface area contributed by atoms with E-state index in [1.54, 1.807) is 6.92 Å². The van der Waals surface area contributed by atoms with E-state index >= 15 is 0 Å². The van der Waals surface area contributed by atoms with Crippen LogP contribution in [0.5, 0.6) is 0 Å². The highest BCUT2D eigenvalue weighted by Crippen LogP contribution is 2.45. The van der Waals surface area contributed by atoms with Crippen molar-refractivity contribution in [3.05, 3.63) is 59.4 Å². The van der Waals surface area contributed by atoms with Crippen LogP contribution in [-0.2, 0) is 11.6 Å². The molecule has 7 heteroatoms. The summed E-state index contributed by atoms with van der Waals surface area (Å²) in [7, 11) is 0. The number of halogens is 3. The van der Waals surface area contributed by atoms with Crippen LogP contribution < -0.4 is 10.2 Å². The Morgan fingerprint density at radius 3 is 2.34 bits per heavy atom. The van der Waals surface area contributed by atoms with E-state index in [-0.39, 0.29) is 17.0 Å². The number of alkyl halides is 3. The summed E-state index contributed by atoms with van der Waals surface area (Å²) in [5.74, 6) is 0. The van der Waals surface area contributed by atoms with E-state index in [0.29, 0.717) is 17.8 Å². The lowest BCUT2D eigenvalue weighted by Gasteiger charge is -2.43. The molecule has 2 aromatic rings. The van der Waals surface area contributed by atoms with Crippen molar-refractivity contribution in [1.82, 2.24) is 10.3 Å². The van der Waals surface area contributed by atoms with Gasteiger partial charge in [-0.05, 0) is 55.2 Å². The lowest BCUT2D eigenvalue weighted by molar-refractivity contribution is -0.141. The minimum absolute atomic E-state index is 0.0660. The molecule has 4 rings (SSSR count). The first-order valence-corrected chi connectivity index (χ1v) is 9.81. The van der Waals surface area contributed by atoms with Crippen LogP contribution in [0, 0.1) is 6.92 Å². The molecular formula is C22H24F3N3O. The molecule has 1 N–H and O–H groups in total. The van der Waals surface area contributed by atoms with Gasteiger partial charge in [-0.15, -0.1) is 0 Å². The fraction of sp³-hybridized carbons (Fsp3) is 0.455. The molecule has 2 amide bonds. The summed E-state index contributed by atoms with van der Waals surface area (Å²) in [4.78, 5) is 17.8. The number of aryl methyl sites for hydroxylation is 1. The van der Waals surface area contributed by atoms with Crippen molar-refractivity contribution in [2.24, 2.45) is 0 Å². The number of nitrogens with zero attached hydrogens (tertiary/aromatic N) is 2. The number of urea groups is 1. The molecule has 154 valence electrons. The molecule has 1 aliphatic heterocycles. The second-order valence-electron chi connectivity index (χ2n) is 8.58. The predicted octanol–water partition coefficient (Wildman–Crippen LogP) is 5.21. The standard InChI is InChI=1S/C22H24F3N3O/c1-15-12-18(22(23,24)25)26-13-17(15)28-14-21(27-19(28)29)10-8-20(2,9-11-21)16-6-4-3-5-7-16/h3-7,12-13H,8-11,14H2,1-2H3,(H,27,29). The number of carbonyl (C=O) groups excluding carboxylic acids is 1. The number of hydrogen-bond donors (Lipinski definition) is 1. The third-order valence-corrected chi connectivity index (χ3v) is 6.52. The maximum Gasteiger partial charge on any atom is 0.433 e. The van der Waals surface area contributed by atoms with E-state index in [2.05, 4.69) is 29.4 Å². The first kappa shape index (κ1) is 19.7. The third-order valence-electron chi connectivity index (χ3n) is 6.52. The van der Waals surface area contributed by atoms with Gasteiger partial charge in [0.05, 0.1) is 24.0 Å². The van der Waals surface area contributed by atoms with Gasteiger partial charge in [0.1, 0.15) is 5.69 Å². The van der Waals surface area contributed by atoms with E-state index in [1.165, 1.54) is 10.5 Å². The molecule has 2 heterocycles. The van der Waals surface area contributed by atoms with Crippen molar-refractivity contribution < 1.29 is 18.0 Å². The summed E-state index contributed by atoms with van der Waals surface area (Å²) in [6.07, 6.45) is 0.197. The van der Waals surface area contributed by atoms with E-state index in [0.717, 1.165) is 37.9 Å². The summed E-state index contributed by atoms with van der Waals surface area (Å²) in [5.41, 5.74) is 0.910. The second-order valence-corrected chi connectivity index (χ2v) is 8.58. The van der Waals surface area contributed by atoms with Crippen LogP contribution in [0.1, 0.15) is 49.4 Å². The van der Waals surface area contributed by atoms with Crippen LogP contribution in [0.15, 0.2) is 42.6 Å². The number of benzene rings is 1. The molecule has 4 nitrogen and oxygen atoms in total. The molecule has 1 saturated heterocycles. The molecule has 0 radical (unpaired) electrons. The normalized spacial score (nSPS) is 27.3. The molecule has 0 atom stereocenters. The van der Waals surface area contributed by atoms with Gasteiger partial charge in [-0.3, -0.25) is 4.90 Å². The molecule has 0 bridgehead atoms. The Kier molecular flexibility index (Phi) is 4.59. The van der Waals surface area contributed by atoms with Gasteiger partial charge >= 0.3 is 12.2 Å². The minimum atomic E-state index is -4.50. The highest BCUT2D eigenvalue weighted by molar-refractivity contribution is 5.95. The number of rotatable bonds is 2. The van der Waals surface area contributed by atoms with E-state index < -0.39 is 11.9 Å². The molecule has 1 spiro atoms. The zero-order chi connectivity index (χ0) is 20.9. The fourth-order valence-corrected chi connectivity index (χ4v) is 4.58. The Bertz CT molecular complexity index is 919. The molecule has 1 saturated carbocycles. The van der Waals surface area contributed by atoms with Crippen LogP contribution in [0.2, 0.25) is 0 Å². The summed E-state index contributed by atoms with van der Waals surface area (Å²) >= 11 is 0. The molecular weight excluding hydrogens is 379 g/mol. The molecule has 29 heavy (non-hydrogen) atoms. The summed E-state index contributed by atoms with van der Waals surface area (Å²) in [5, 5.41) is 3.12. The number of aromatic nitrogens is 1. The molecule has 2 aliphatic rings. The van der Waals surface area contributed by atoms with Crippen LogP contribution in [0.3, 0.4) is 0 Å². The van der Waals surface area contributed by atoms with E-state index in [1.807, 2.05) is 18.2 Å². The number of nitrogens with one attached hydrogen (secondary N) is 1. The first-order chi connectivity index (χ1) is 13.6. The summed E-state index contributed by atoms with van der Waals surface area (Å²) in [6.45, 7) is 4.29. The van der Waals surface area contributed by atoms with Crippen molar-refractivity contribution in [1.29, 1.82) is 0 Å². The van der Waals surface area contributed by atoms with Gasteiger partial charge in [-0.25, -0.2) is 9.78 Å². The molecule has 0 unspecified atom stereocenters. The highest BCUT2D eigenvalue weighted by Gasteiger charge is 2.48. The molecule has 1 aromatic carbocycles. The SMILES string of the molecule is Cc1cc(C(F)(F)F)ncc1N1CC2(CCC(C)(c3ccccc3)CC2)NC1=O. The molecule has 1 aliphatic carbocycles. The van der Waals surface area contributed by atoms with Crippen molar-refractivity contribution in [2.45, 2.75) is 56.7 Å². The smallest absolute Gasteiger partial charge is 0.330 e. The van der Waals surface area contributed by atoms with Gasteiger partial charge in [0, 0.05) is 0 Å². The van der Waals surface area contributed by atoms with Gasteiger partial charge in [0.15, 0.2) is 0 Å². The molecule has 2 fully saturated rings. The topological polar surface area (TPSA) is 45.2 Å². The van der Waals surface area contributed by atoms with Gasteiger partial charge in [-0.2, -0.15) is 13.2 Å². The van der Waals surface area contributed by atoms with Crippen molar-refractivity contribution >= 4 is 11.7 Å². The number of carbonyl (C=O) groups is 1. The van der Waals surface area contributed by atoms with Crippen molar-refractivity contribution in [2.75, 3.05) is 11.4 Å². The first-order valence-electron chi connectivity index (χ1n) is 9.81. The minimum Gasteiger partial charge on any atom is -0.330 e. The molecule has 1 aromatic heterocycles. The van der Waals surface area contributed by atoms with Gasteiger partial charge in [-0.1, -0.05) is 37.3 Å². The Balaban J connectivity index is 1.52. The highest BCUT2D eigenvalue weighted by atomic mass is 19.4. The number of anilines is 1. The number of hydrogen-bond acceptors (Lipinski definition) is 2. The average molecular weight is 403 g/mol. The van der Waals surface area contributed by atoms with Crippen LogP contribution in [0.4, 0.5) is 23.7 Å². The van der Waals surface area contributed by atoms with Crippen LogP contribution in [-0.4, -0.2) is 23.1 Å². The van der Waals surface area contributed by atoms with E-state index in [4.69, 9.17) is 0 Å². The number of amides is 2. The van der Waals surface area contributed by atoms with Crippen molar-refractivity contribution in [3.8, 4) is 0 Å². The lowest BCUT2D eigenvalue weighted by Crippen LogP contribution is -2.49. The average Bonchev–Trinajstić information content (AvgIpc) is 3.00. The Morgan fingerprint density at radius 1 is 1.10 bits per heavy atom. The van der Waals surface area contributed by atoms with Gasteiger partial charge in [0.2, 0.25) is 0 Å². The summed E-state index contributed by atoms with van der Waals surface area (Å²) < 4.78 is 38.7. The second kappa shape index (κ2) is 6.75. The maximum absolute atomic E-state index is 12.9. The van der Waals surface area contributed by atoms with Gasteiger partial charge in [0.25, 0.3) is 0 Å². The lowest BCUT2D eigenvalue weighted by atomic mass is 9.65. The third kappa shape index (κ3) is 3.58. The summed E-state index contributed by atoms with van der Waals surface area (Å²) in [6, 6.07) is 11.1. The predicted molar refractivity (Wildman–Crippen MR) is 105 cm³/mol.